The summed E-state index contributed by atoms with van der Waals surface area (Å²) in [6, 6.07) is 25.3. The van der Waals surface area contributed by atoms with Gasteiger partial charge in [0.1, 0.15) is 29.2 Å². The zero-order valence-electron chi connectivity index (χ0n) is 18.5. The second kappa shape index (κ2) is 7.34. The normalized spacial score (nSPS) is 20.5. The number of ether oxygens (including phenoxy) is 2. The van der Waals surface area contributed by atoms with Gasteiger partial charge in [-0.25, -0.2) is 9.98 Å². The molecule has 0 saturated carbocycles. The number of aromatic hydroxyl groups is 1. The number of aromatic nitrogens is 1. The number of aliphatic imine (C=N–C) groups is 1. The maximum atomic E-state index is 10.1. The average molecular weight is 437 g/mol. The van der Waals surface area contributed by atoms with E-state index >= 15 is 0 Å². The summed E-state index contributed by atoms with van der Waals surface area (Å²) >= 11 is 0. The Morgan fingerprint density at radius 2 is 1.82 bits per heavy atom. The van der Waals surface area contributed by atoms with Gasteiger partial charge in [-0.2, -0.15) is 0 Å². The van der Waals surface area contributed by atoms with Crippen molar-refractivity contribution in [2.24, 2.45) is 4.99 Å². The predicted octanol–water partition coefficient (Wildman–Crippen LogP) is 6.30. The molecule has 0 bridgehead atoms. The van der Waals surface area contributed by atoms with Crippen molar-refractivity contribution >= 4 is 16.8 Å². The minimum absolute atomic E-state index is 0.0129. The number of para-hydroxylation sites is 1. The van der Waals surface area contributed by atoms with Gasteiger partial charge in [0.05, 0.1) is 0 Å². The highest BCUT2D eigenvalue weighted by Gasteiger charge is 2.44. The highest BCUT2D eigenvalue weighted by atomic mass is 16.5. The number of hydrogen-bond acceptors (Lipinski definition) is 5. The van der Waals surface area contributed by atoms with Crippen LogP contribution in [0.2, 0.25) is 0 Å². The predicted molar refractivity (Wildman–Crippen MR) is 128 cm³/mol. The smallest absolute Gasteiger partial charge is 0.219 e. The fraction of sp³-hybridized carbons (Fsp3) is 0.214. The van der Waals surface area contributed by atoms with Crippen molar-refractivity contribution in [3.8, 4) is 17.4 Å². The lowest BCUT2D eigenvalue weighted by molar-refractivity contribution is 0.141. The van der Waals surface area contributed by atoms with Crippen LogP contribution in [-0.4, -0.2) is 22.1 Å². The largest absolute Gasteiger partial charge is 0.506 e. The first kappa shape index (κ1) is 19.8. The Morgan fingerprint density at radius 3 is 2.73 bits per heavy atom. The molecular weight excluding hydrogens is 412 g/mol. The second-order valence-corrected chi connectivity index (χ2v) is 9.34. The van der Waals surface area contributed by atoms with Crippen molar-refractivity contribution < 1.29 is 14.6 Å². The SMILES string of the molecule is CC1(C)C[C@H]2OC(c3cccc(Oc4ccc5cccc(O)c5n4)c3)=N[C@H]2c2ccccc21. The molecule has 6 rings (SSSR count). The van der Waals surface area contributed by atoms with E-state index in [1.807, 2.05) is 36.4 Å². The van der Waals surface area contributed by atoms with E-state index in [0.717, 1.165) is 17.4 Å². The van der Waals surface area contributed by atoms with Crippen LogP contribution in [0.3, 0.4) is 0 Å². The molecule has 2 atom stereocenters. The first-order valence-corrected chi connectivity index (χ1v) is 11.2. The summed E-state index contributed by atoms with van der Waals surface area (Å²) in [5, 5.41) is 11.0. The van der Waals surface area contributed by atoms with Gasteiger partial charge in [0.25, 0.3) is 0 Å². The lowest BCUT2D eigenvalue weighted by Crippen LogP contribution is -2.34. The summed E-state index contributed by atoms with van der Waals surface area (Å²) in [5.74, 6) is 1.83. The van der Waals surface area contributed by atoms with Crippen molar-refractivity contribution in [2.75, 3.05) is 0 Å². The van der Waals surface area contributed by atoms with Crippen LogP contribution in [0.15, 0.2) is 83.9 Å². The topological polar surface area (TPSA) is 63.9 Å². The number of hydrogen-bond donors (Lipinski definition) is 1. The third kappa shape index (κ3) is 3.41. The van der Waals surface area contributed by atoms with Gasteiger partial charge in [-0.15, -0.1) is 0 Å². The van der Waals surface area contributed by atoms with Crippen LogP contribution in [0, 0.1) is 0 Å². The van der Waals surface area contributed by atoms with Crippen LogP contribution >= 0.6 is 0 Å². The number of benzene rings is 3. The first-order chi connectivity index (χ1) is 16.0. The van der Waals surface area contributed by atoms with E-state index < -0.39 is 0 Å². The molecule has 164 valence electrons. The highest BCUT2D eigenvalue weighted by molar-refractivity contribution is 5.96. The van der Waals surface area contributed by atoms with E-state index in [4.69, 9.17) is 14.5 Å². The van der Waals surface area contributed by atoms with Crippen LogP contribution in [0.25, 0.3) is 10.9 Å². The maximum absolute atomic E-state index is 10.1. The van der Waals surface area contributed by atoms with Gasteiger partial charge < -0.3 is 14.6 Å². The molecule has 0 fully saturated rings. The maximum Gasteiger partial charge on any atom is 0.219 e. The van der Waals surface area contributed by atoms with Crippen molar-refractivity contribution in [3.63, 3.8) is 0 Å². The summed E-state index contributed by atoms with van der Waals surface area (Å²) in [7, 11) is 0. The quantitative estimate of drug-likeness (QED) is 0.409. The van der Waals surface area contributed by atoms with Crippen LogP contribution in [-0.2, 0) is 10.2 Å². The molecule has 2 heterocycles. The van der Waals surface area contributed by atoms with E-state index in [2.05, 4.69) is 43.1 Å². The standard InChI is InChI=1S/C28H24N2O3/c1-28(2)16-23-26(20-10-3-4-11-21(20)28)30-27(33-23)18-8-5-9-19(15-18)32-24-14-13-17-7-6-12-22(31)25(17)29-24/h3-15,23,26,31H,16H2,1-2H3/t23-,26+/m1/s1. The molecule has 4 aromatic rings. The number of phenolic OH excluding ortho intramolecular Hbond substituents is 1. The third-order valence-electron chi connectivity index (χ3n) is 6.57. The van der Waals surface area contributed by atoms with Crippen molar-refractivity contribution in [1.82, 2.24) is 4.98 Å². The molecule has 5 nitrogen and oxygen atoms in total. The molecule has 0 saturated heterocycles. The van der Waals surface area contributed by atoms with Crippen LogP contribution < -0.4 is 4.74 Å². The van der Waals surface area contributed by atoms with Gasteiger partial charge in [-0.05, 0) is 53.3 Å². The van der Waals surface area contributed by atoms with E-state index in [0.29, 0.717) is 23.0 Å². The van der Waals surface area contributed by atoms with Gasteiger partial charge in [0.2, 0.25) is 11.8 Å². The number of fused-ring (bicyclic) bond motifs is 4. The third-order valence-corrected chi connectivity index (χ3v) is 6.57. The van der Waals surface area contributed by atoms with Crippen LogP contribution in [0.1, 0.15) is 43.0 Å². The fourth-order valence-corrected chi connectivity index (χ4v) is 4.98. The zero-order chi connectivity index (χ0) is 22.6. The fourth-order valence-electron chi connectivity index (χ4n) is 4.98. The first-order valence-electron chi connectivity index (χ1n) is 11.2. The Hall–Kier alpha value is -3.86. The Morgan fingerprint density at radius 1 is 0.970 bits per heavy atom. The van der Waals surface area contributed by atoms with E-state index in [1.54, 1.807) is 18.2 Å². The zero-order valence-corrected chi connectivity index (χ0v) is 18.5. The Labute approximate surface area is 192 Å². The van der Waals surface area contributed by atoms with Gasteiger partial charge in [-0.1, -0.05) is 56.3 Å². The number of rotatable bonds is 3. The molecule has 3 aromatic carbocycles. The summed E-state index contributed by atoms with van der Waals surface area (Å²) in [4.78, 5) is 9.44. The van der Waals surface area contributed by atoms with Crippen molar-refractivity contribution in [2.45, 2.75) is 37.8 Å². The molecule has 1 aromatic heterocycles. The second-order valence-electron chi connectivity index (χ2n) is 9.34. The number of phenols is 1. The number of pyridine rings is 1. The Balaban J connectivity index is 1.30. The minimum atomic E-state index is 0.0129. The molecule has 2 aliphatic rings. The summed E-state index contributed by atoms with van der Waals surface area (Å²) in [5.41, 5.74) is 4.03. The summed E-state index contributed by atoms with van der Waals surface area (Å²) < 4.78 is 12.4. The summed E-state index contributed by atoms with van der Waals surface area (Å²) in [6.45, 7) is 4.54. The average Bonchev–Trinajstić information content (AvgIpc) is 3.23. The molecule has 0 unspecified atom stereocenters. The molecule has 1 aliphatic heterocycles. The van der Waals surface area contributed by atoms with Gasteiger partial charge in [0.15, 0.2) is 0 Å². The van der Waals surface area contributed by atoms with E-state index in [-0.39, 0.29) is 23.3 Å². The molecule has 1 aliphatic carbocycles. The highest BCUT2D eigenvalue weighted by Crippen LogP contribution is 2.47. The molecule has 1 N–H and O–H groups in total. The van der Waals surface area contributed by atoms with Crippen LogP contribution in [0.4, 0.5) is 0 Å². The van der Waals surface area contributed by atoms with Gasteiger partial charge in [-0.3, -0.25) is 0 Å². The Kier molecular flexibility index (Phi) is 4.40. The molecule has 33 heavy (non-hydrogen) atoms. The van der Waals surface area contributed by atoms with Gasteiger partial charge >= 0.3 is 0 Å². The van der Waals surface area contributed by atoms with Crippen molar-refractivity contribution in [1.29, 1.82) is 0 Å². The lowest BCUT2D eigenvalue weighted by atomic mass is 9.70. The van der Waals surface area contributed by atoms with Crippen LogP contribution in [0.5, 0.6) is 17.4 Å². The molecule has 0 spiro atoms. The minimum Gasteiger partial charge on any atom is -0.506 e. The molecule has 0 radical (unpaired) electrons. The number of nitrogens with zero attached hydrogens (tertiary/aromatic N) is 2. The van der Waals surface area contributed by atoms with Gasteiger partial charge in [0, 0.05) is 17.0 Å². The van der Waals surface area contributed by atoms with E-state index in [1.165, 1.54) is 11.1 Å². The van der Waals surface area contributed by atoms with E-state index in [9.17, 15) is 5.11 Å². The summed E-state index contributed by atoms with van der Waals surface area (Å²) in [6.07, 6.45) is 0.946. The molecule has 5 heteroatoms. The molecule has 0 amide bonds. The lowest BCUT2D eigenvalue weighted by Gasteiger charge is -2.37. The molecular formula is C28H24N2O3. The monoisotopic (exact) mass is 436 g/mol. The Bertz CT molecular complexity index is 1410. The van der Waals surface area contributed by atoms with Crippen molar-refractivity contribution in [3.05, 3.63) is 95.6 Å².